The highest BCUT2D eigenvalue weighted by molar-refractivity contribution is 5.74. The van der Waals surface area contributed by atoms with E-state index in [1.54, 1.807) is 19.1 Å². The SMILES string of the molecule is CCC(NC(=O)N(C)CC1CCCCC1O)c1ccc(OC)cc1. The van der Waals surface area contributed by atoms with Crippen molar-refractivity contribution >= 4 is 6.03 Å². The lowest BCUT2D eigenvalue weighted by Gasteiger charge is -2.32. The van der Waals surface area contributed by atoms with Crippen LogP contribution in [-0.4, -0.2) is 42.8 Å². The molecule has 0 heterocycles. The molecule has 1 aliphatic carbocycles. The van der Waals surface area contributed by atoms with Crippen LogP contribution >= 0.6 is 0 Å². The first-order chi connectivity index (χ1) is 11.5. The van der Waals surface area contributed by atoms with Gasteiger partial charge in [-0.1, -0.05) is 31.9 Å². The van der Waals surface area contributed by atoms with Crippen LogP contribution < -0.4 is 10.1 Å². The zero-order valence-corrected chi connectivity index (χ0v) is 15.0. The highest BCUT2D eigenvalue weighted by Crippen LogP contribution is 2.25. The molecular weight excluding hydrogens is 304 g/mol. The number of benzene rings is 1. The van der Waals surface area contributed by atoms with Crippen LogP contribution in [0.25, 0.3) is 0 Å². The van der Waals surface area contributed by atoms with Crippen LogP contribution in [0.1, 0.15) is 50.6 Å². The lowest BCUT2D eigenvalue weighted by molar-refractivity contribution is 0.0562. The molecule has 0 spiro atoms. The maximum atomic E-state index is 12.5. The van der Waals surface area contributed by atoms with Crippen LogP contribution in [0.15, 0.2) is 24.3 Å². The number of carbonyl (C=O) groups excluding carboxylic acids is 1. The van der Waals surface area contributed by atoms with E-state index in [9.17, 15) is 9.90 Å². The Morgan fingerprint density at radius 3 is 2.58 bits per heavy atom. The molecule has 2 N–H and O–H groups in total. The van der Waals surface area contributed by atoms with Gasteiger partial charge in [-0.3, -0.25) is 0 Å². The van der Waals surface area contributed by atoms with Gasteiger partial charge < -0.3 is 20.1 Å². The van der Waals surface area contributed by atoms with E-state index < -0.39 is 0 Å². The normalized spacial score (nSPS) is 21.8. The van der Waals surface area contributed by atoms with Crippen molar-refractivity contribution in [1.29, 1.82) is 0 Å². The molecule has 5 heteroatoms. The molecule has 1 aromatic rings. The number of aliphatic hydroxyl groups is 1. The molecule has 134 valence electrons. The van der Waals surface area contributed by atoms with E-state index in [2.05, 4.69) is 12.2 Å². The number of rotatable bonds is 6. The van der Waals surface area contributed by atoms with E-state index in [0.717, 1.165) is 43.4 Å². The molecule has 1 saturated carbocycles. The van der Waals surface area contributed by atoms with Crippen LogP contribution in [-0.2, 0) is 0 Å². The van der Waals surface area contributed by atoms with Crippen molar-refractivity contribution in [1.82, 2.24) is 10.2 Å². The summed E-state index contributed by atoms with van der Waals surface area (Å²) in [6.45, 7) is 2.66. The van der Waals surface area contributed by atoms with Gasteiger partial charge in [-0.15, -0.1) is 0 Å². The van der Waals surface area contributed by atoms with E-state index in [1.165, 1.54) is 0 Å². The van der Waals surface area contributed by atoms with Gasteiger partial charge in [-0.05, 0) is 37.0 Å². The van der Waals surface area contributed by atoms with Crippen LogP contribution in [0.4, 0.5) is 4.79 Å². The van der Waals surface area contributed by atoms with Crippen LogP contribution in [0.2, 0.25) is 0 Å². The number of amides is 2. The average molecular weight is 334 g/mol. The highest BCUT2D eigenvalue weighted by Gasteiger charge is 2.26. The monoisotopic (exact) mass is 334 g/mol. The maximum absolute atomic E-state index is 12.5. The lowest BCUT2D eigenvalue weighted by Crippen LogP contribution is -2.44. The zero-order valence-electron chi connectivity index (χ0n) is 15.0. The van der Waals surface area contributed by atoms with E-state index in [4.69, 9.17) is 4.74 Å². The van der Waals surface area contributed by atoms with E-state index in [1.807, 2.05) is 24.3 Å². The summed E-state index contributed by atoms with van der Waals surface area (Å²) in [6, 6.07) is 7.67. The van der Waals surface area contributed by atoms with Crippen LogP contribution in [0.5, 0.6) is 5.75 Å². The molecule has 1 fully saturated rings. The van der Waals surface area contributed by atoms with Gasteiger partial charge in [0.05, 0.1) is 19.3 Å². The van der Waals surface area contributed by atoms with E-state index >= 15 is 0 Å². The minimum atomic E-state index is -0.280. The van der Waals surface area contributed by atoms with Gasteiger partial charge in [-0.2, -0.15) is 0 Å². The summed E-state index contributed by atoms with van der Waals surface area (Å²) in [5.74, 6) is 0.999. The average Bonchev–Trinajstić information content (AvgIpc) is 2.61. The molecule has 1 aromatic carbocycles. The third kappa shape index (κ3) is 4.87. The minimum Gasteiger partial charge on any atom is -0.497 e. The highest BCUT2D eigenvalue weighted by atomic mass is 16.5. The summed E-state index contributed by atoms with van der Waals surface area (Å²) in [7, 11) is 3.44. The van der Waals surface area contributed by atoms with E-state index in [0.29, 0.717) is 6.54 Å². The van der Waals surface area contributed by atoms with Gasteiger partial charge in [0.2, 0.25) is 0 Å². The zero-order chi connectivity index (χ0) is 17.5. The Balaban J connectivity index is 1.92. The number of carbonyl (C=O) groups is 1. The Labute approximate surface area is 145 Å². The number of hydrogen-bond donors (Lipinski definition) is 2. The number of methoxy groups -OCH3 is 1. The molecule has 0 radical (unpaired) electrons. The number of nitrogens with one attached hydrogen (secondary N) is 1. The predicted molar refractivity (Wildman–Crippen MR) is 95.2 cm³/mol. The Morgan fingerprint density at radius 1 is 1.33 bits per heavy atom. The van der Waals surface area contributed by atoms with Crippen LogP contribution in [0, 0.1) is 5.92 Å². The molecular formula is C19H30N2O3. The van der Waals surface area contributed by atoms with Gasteiger partial charge >= 0.3 is 6.03 Å². The summed E-state index contributed by atoms with van der Waals surface area (Å²) in [5.41, 5.74) is 1.07. The second kappa shape index (κ2) is 8.92. The molecule has 0 saturated heterocycles. The fourth-order valence-electron chi connectivity index (χ4n) is 3.35. The Hall–Kier alpha value is -1.75. The topological polar surface area (TPSA) is 61.8 Å². The molecule has 5 nitrogen and oxygen atoms in total. The molecule has 24 heavy (non-hydrogen) atoms. The number of hydrogen-bond acceptors (Lipinski definition) is 3. The summed E-state index contributed by atoms with van der Waals surface area (Å²) in [6.07, 6.45) is 4.61. The number of urea groups is 1. The summed E-state index contributed by atoms with van der Waals surface area (Å²) in [5, 5.41) is 13.2. The van der Waals surface area contributed by atoms with Crippen molar-refractivity contribution in [2.75, 3.05) is 20.7 Å². The third-order valence-corrected chi connectivity index (χ3v) is 4.95. The Kier molecular flexibility index (Phi) is 6.91. The van der Waals surface area contributed by atoms with E-state index in [-0.39, 0.29) is 24.1 Å². The summed E-state index contributed by atoms with van der Waals surface area (Å²) < 4.78 is 5.18. The fourth-order valence-corrected chi connectivity index (χ4v) is 3.35. The molecule has 3 unspecified atom stereocenters. The second-order valence-electron chi connectivity index (χ2n) is 6.68. The van der Waals surface area contributed by atoms with Crippen molar-refractivity contribution < 1.29 is 14.6 Å². The number of ether oxygens (including phenoxy) is 1. The molecule has 1 aliphatic rings. The standard InChI is InChI=1S/C19H30N2O3/c1-4-17(14-9-11-16(24-3)12-10-14)20-19(23)21(2)13-15-7-5-6-8-18(15)22/h9-12,15,17-18,22H,4-8,13H2,1-3H3,(H,20,23). The first-order valence-corrected chi connectivity index (χ1v) is 8.88. The molecule has 0 aliphatic heterocycles. The number of aliphatic hydroxyl groups excluding tert-OH is 1. The molecule has 3 atom stereocenters. The van der Waals surface area contributed by atoms with Gasteiger partial charge in [0.25, 0.3) is 0 Å². The molecule has 2 amide bonds. The molecule has 2 rings (SSSR count). The predicted octanol–water partition coefficient (Wildman–Crippen LogP) is 3.34. The minimum absolute atomic E-state index is 0.0258. The molecule has 0 bridgehead atoms. The van der Waals surface area contributed by atoms with Gasteiger partial charge in [0, 0.05) is 19.5 Å². The second-order valence-corrected chi connectivity index (χ2v) is 6.68. The summed E-state index contributed by atoms with van der Waals surface area (Å²) in [4.78, 5) is 14.2. The first-order valence-electron chi connectivity index (χ1n) is 8.88. The van der Waals surface area contributed by atoms with Crippen LogP contribution in [0.3, 0.4) is 0 Å². The first kappa shape index (κ1) is 18.6. The molecule has 0 aromatic heterocycles. The quantitative estimate of drug-likeness (QED) is 0.839. The van der Waals surface area contributed by atoms with Crippen molar-refractivity contribution in [2.45, 2.75) is 51.2 Å². The maximum Gasteiger partial charge on any atom is 0.317 e. The van der Waals surface area contributed by atoms with Gasteiger partial charge in [-0.25, -0.2) is 4.79 Å². The van der Waals surface area contributed by atoms with Crippen molar-refractivity contribution in [3.63, 3.8) is 0 Å². The smallest absolute Gasteiger partial charge is 0.317 e. The van der Waals surface area contributed by atoms with Crippen molar-refractivity contribution in [3.8, 4) is 5.75 Å². The largest absolute Gasteiger partial charge is 0.497 e. The van der Waals surface area contributed by atoms with Crippen molar-refractivity contribution in [3.05, 3.63) is 29.8 Å². The Morgan fingerprint density at radius 2 is 2.00 bits per heavy atom. The van der Waals surface area contributed by atoms with Gasteiger partial charge in [0.15, 0.2) is 0 Å². The van der Waals surface area contributed by atoms with Crippen molar-refractivity contribution in [2.24, 2.45) is 5.92 Å². The third-order valence-electron chi connectivity index (χ3n) is 4.95. The Bertz CT molecular complexity index is 518. The fraction of sp³-hybridized carbons (Fsp3) is 0.632. The van der Waals surface area contributed by atoms with Gasteiger partial charge in [0.1, 0.15) is 5.75 Å². The lowest BCUT2D eigenvalue weighted by atomic mass is 9.86. The summed E-state index contributed by atoms with van der Waals surface area (Å²) >= 11 is 0. The number of nitrogens with zero attached hydrogens (tertiary/aromatic N) is 1.